The Bertz CT molecular complexity index is 860. The van der Waals surface area contributed by atoms with Crippen molar-refractivity contribution >= 4 is 11.6 Å². The zero-order valence-corrected chi connectivity index (χ0v) is 13.5. The smallest absolute Gasteiger partial charge is 0.255 e. The fourth-order valence-corrected chi connectivity index (χ4v) is 2.23. The van der Waals surface area contributed by atoms with E-state index in [0.29, 0.717) is 22.9 Å². The molecule has 0 fully saturated rings. The van der Waals surface area contributed by atoms with E-state index in [9.17, 15) is 4.79 Å². The first kappa shape index (κ1) is 15.7. The molecule has 0 atom stereocenters. The predicted octanol–water partition coefficient (Wildman–Crippen LogP) is 4.14. The first-order valence-corrected chi connectivity index (χ1v) is 7.56. The number of nitrogens with one attached hydrogen (secondary N) is 1. The summed E-state index contributed by atoms with van der Waals surface area (Å²) < 4.78 is 5.69. The average Bonchev–Trinajstić information content (AvgIpc) is 2.59. The molecule has 24 heavy (non-hydrogen) atoms. The lowest BCUT2D eigenvalue weighted by atomic mass is 10.1. The molecule has 1 aromatic carbocycles. The summed E-state index contributed by atoms with van der Waals surface area (Å²) in [6, 6.07) is 14.5. The molecule has 0 saturated heterocycles. The molecule has 0 aliphatic heterocycles. The van der Waals surface area contributed by atoms with Gasteiger partial charge in [0.05, 0.1) is 17.6 Å². The van der Waals surface area contributed by atoms with E-state index in [2.05, 4.69) is 15.3 Å². The van der Waals surface area contributed by atoms with Crippen LogP contribution in [0.1, 0.15) is 21.6 Å². The van der Waals surface area contributed by atoms with Gasteiger partial charge in [-0.25, -0.2) is 4.98 Å². The summed E-state index contributed by atoms with van der Waals surface area (Å²) in [5.74, 6) is 0.938. The number of benzene rings is 1. The van der Waals surface area contributed by atoms with Gasteiger partial charge in [0.25, 0.3) is 5.91 Å². The van der Waals surface area contributed by atoms with Crippen LogP contribution in [0.5, 0.6) is 11.6 Å². The maximum atomic E-state index is 12.3. The second-order valence-electron chi connectivity index (χ2n) is 5.34. The third kappa shape index (κ3) is 3.57. The molecule has 0 bridgehead atoms. The van der Waals surface area contributed by atoms with Crippen LogP contribution < -0.4 is 10.1 Å². The fraction of sp³-hybridized carbons (Fsp3) is 0.105. The lowest BCUT2D eigenvalue weighted by molar-refractivity contribution is 0.102. The number of aryl methyl sites for hydroxylation is 2. The van der Waals surface area contributed by atoms with E-state index in [0.717, 1.165) is 11.3 Å². The number of pyridine rings is 2. The maximum Gasteiger partial charge on any atom is 0.255 e. The molecule has 2 heterocycles. The van der Waals surface area contributed by atoms with Crippen molar-refractivity contribution in [2.24, 2.45) is 0 Å². The van der Waals surface area contributed by atoms with Crippen LogP contribution in [-0.4, -0.2) is 15.9 Å². The minimum absolute atomic E-state index is 0.160. The molecule has 0 unspecified atom stereocenters. The summed E-state index contributed by atoms with van der Waals surface area (Å²) >= 11 is 0. The molecule has 5 heteroatoms. The Morgan fingerprint density at radius 1 is 1.00 bits per heavy atom. The van der Waals surface area contributed by atoms with Gasteiger partial charge in [-0.1, -0.05) is 18.2 Å². The van der Waals surface area contributed by atoms with E-state index in [1.54, 1.807) is 36.7 Å². The van der Waals surface area contributed by atoms with Crippen molar-refractivity contribution in [2.75, 3.05) is 5.32 Å². The summed E-state index contributed by atoms with van der Waals surface area (Å²) in [5.41, 5.74) is 2.97. The first-order chi connectivity index (χ1) is 11.6. The normalized spacial score (nSPS) is 10.2. The number of carbonyl (C=O) groups excluding carboxylic acids is 1. The van der Waals surface area contributed by atoms with Gasteiger partial charge in [0.15, 0.2) is 5.75 Å². The van der Waals surface area contributed by atoms with Gasteiger partial charge in [-0.05, 0) is 43.7 Å². The van der Waals surface area contributed by atoms with E-state index >= 15 is 0 Å². The van der Waals surface area contributed by atoms with E-state index in [1.165, 1.54) is 0 Å². The number of hydrogen-bond acceptors (Lipinski definition) is 4. The summed E-state index contributed by atoms with van der Waals surface area (Å²) in [5, 5.41) is 2.83. The van der Waals surface area contributed by atoms with E-state index < -0.39 is 0 Å². The van der Waals surface area contributed by atoms with Crippen LogP contribution in [0.15, 0.2) is 60.9 Å². The Morgan fingerprint density at radius 3 is 2.54 bits per heavy atom. The van der Waals surface area contributed by atoms with Gasteiger partial charge < -0.3 is 10.1 Å². The Morgan fingerprint density at radius 2 is 1.83 bits per heavy atom. The molecule has 5 nitrogen and oxygen atoms in total. The van der Waals surface area contributed by atoms with Crippen molar-refractivity contribution in [3.63, 3.8) is 0 Å². The predicted molar refractivity (Wildman–Crippen MR) is 92.4 cm³/mol. The van der Waals surface area contributed by atoms with Crippen molar-refractivity contribution in [3.05, 3.63) is 77.7 Å². The van der Waals surface area contributed by atoms with Gasteiger partial charge in [0.2, 0.25) is 5.88 Å². The Kier molecular flexibility index (Phi) is 4.52. The topological polar surface area (TPSA) is 64.1 Å². The Balaban J connectivity index is 1.70. The standard InChI is InChI=1S/C19H17N3O2/c1-13-6-3-4-7-16(13)19(23)22-15-9-10-18(21-12-15)24-17-8-5-11-20-14(17)2/h3-12H,1-2H3,(H,22,23). The Labute approximate surface area is 140 Å². The van der Waals surface area contributed by atoms with Crippen molar-refractivity contribution < 1.29 is 9.53 Å². The minimum Gasteiger partial charge on any atom is -0.437 e. The van der Waals surface area contributed by atoms with Crippen molar-refractivity contribution in [3.8, 4) is 11.6 Å². The molecular formula is C19H17N3O2. The number of carbonyl (C=O) groups is 1. The number of anilines is 1. The second-order valence-corrected chi connectivity index (χ2v) is 5.34. The zero-order chi connectivity index (χ0) is 16.9. The quantitative estimate of drug-likeness (QED) is 0.785. The molecule has 1 N–H and O–H groups in total. The number of nitrogens with zero attached hydrogens (tertiary/aromatic N) is 2. The van der Waals surface area contributed by atoms with Crippen LogP contribution in [0.2, 0.25) is 0 Å². The van der Waals surface area contributed by atoms with Gasteiger partial charge in [-0.3, -0.25) is 9.78 Å². The van der Waals surface area contributed by atoms with Gasteiger partial charge in [-0.2, -0.15) is 0 Å². The third-order valence-electron chi connectivity index (χ3n) is 3.56. The number of aromatic nitrogens is 2. The highest BCUT2D eigenvalue weighted by molar-refractivity contribution is 6.05. The molecule has 3 aromatic rings. The molecule has 0 aliphatic rings. The van der Waals surface area contributed by atoms with E-state index in [4.69, 9.17) is 4.74 Å². The molecule has 0 spiro atoms. The molecular weight excluding hydrogens is 302 g/mol. The highest BCUT2D eigenvalue weighted by atomic mass is 16.5. The highest BCUT2D eigenvalue weighted by Crippen LogP contribution is 2.22. The summed E-state index contributed by atoms with van der Waals surface area (Å²) in [7, 11) is 0. The van der Waals surface area contributed by atoms with Gasteiger partial charge >= 0.3 is 0 Å². The SMILES string of the molecule is Cc1ccccc1C(=O)Nc1ccc(Oc2cccnc2C)nc1. The molecule has 1 amide bonds. The fourth-order valence-electron chi connectivity index (χ4n) is 2.23. The van der Waals surface area contributed by atoms with Crippen LogP contribution in [0.25, 0.3) is 0 Å². The average molecular weight is 319 g/mol. The van der Waals surface area contributed by atoms with Crippen LogP contribution in [-0.2, 0) is 0 Å². The van der Waals surface area contributed by atoms with E-state index in [1.807, 2.05) is 38.1 Å². The second kappa shape index (κ2) is 6.91. The minimum atomic E-state index is -0.160. The molecule has 0 aliphatic carbocycles. The molecule has 3 rings (SSSR count). The molecule has 0 saturated carbocycles. The van der Waals surface area contributed by atoms with Crippen molar-refractivity contribution in [2.45, 2.75) is 13.8 Å². The third-order valence-corrected chi connectivity index (χ3v) is 3.56. The van der Waals surface area contributed by atoms with Crippen molar-refractivity contribution in [1.82, 2.24) is 9.97 Å². The lowest BCUT2D eigenvalue weighted by Gasteiger charge is -2.09. The number of amides is 1. The van der Waals surface area contributed by atoms with Crippen LogP contribution in [0.3, 0.4) is 0 Å². The highest BCUT2D eigenvalue weighted by Gasteiger charge is 2.09. The number of rotatable bonds is 4. The zero-order valence-electron chi connectivity index (χ0n) is 13.5. The summed E-state index contributed by atoms with van der Waals surface area (Å²) in [6.45, 7) is 3.77. The summed E-state index contributed by atoms with van der Waals surface area (Å²) in [6.07, 6.45) is 3.27. The largest absolute Gasteiger partial charge is 0.437 e. The van der Waals surface area contributed by atoms with Gasteiger partial charge in [0, 0.05) is 17.8 Å². The molecule has 2 aromatic heterocycles. The Hall–Kier alpha value is -3.21. The lowest BCUT2D eigenvalue weighted by Crippen LogP contribution is -2.13. The number of hydrogen-bond donors (Lipinski definition) is 1. The summed E-state index contributed by atoms with van der Waals surface area (Å²) in [4.78, 5) is 20.7. The van der Waals surface area contributed by atoms with Gasteiger partial charge in [0.1, 0.15) is 0 Å². The number of ether oxygens (including phenoxy) is 1. The first-order valence-electron chi connectivity index (χ1n) is 7.56. The molecule has 0 radical (unpaired) electrons. The van der Waals surface area contributed by atoms with Crippen LogP contribution >= 0.6 is 0 Å². The van der Waals surface area contributed by atoms with Crippen molar-refractivity contribution in [1.29, 1.82) is 0 Å². The van der Waals surface area contributed by atoms with Crippen LogP contribution in [0.4, 0.5) is 5.69 Å². The molecule has 120 valence electrons. The van der Waals surface area contributed by atoms with E-state index in [-0.39, 0.29) is 5.91 Å². The maximum absolute atomic E-state index is 12.3. The monoisotopic (exact) mass is 319 g/mol. The van der Waals surface area contributed by atoms with Gasteiger partial charge in [-0.15, -0.1) is 0 Å². The van der Waals surface area contributed by atoms with Crippen LogP contribution in [0, 0.1) is 13.8 Å².